The van der Waals surface area contributed by atoms with E-state index in [0.717, 1.165) is 21.8 Å². The van der Waals surface area contributed by atoms with Crippen molar-refractivity contribution in [2.24, 2.45) is 5.10 Å². The van der Waals surface area contributed by atoms with E-state index in [-0.39, 0.29) is 11.9 Å². The molecule has 0 saturated carbocycles. The maximum Gasteiger partial charge on any atom is 0.185 e. The highest BCUT2D eigenvalue weighted by atomic mass is 35.5. The quantitative estimate of drug-likeness (QED) is 0.552. The first-order valence-electron chi connectivity index (χ1n) is 7.61. The summed E-state index contributed by atoms with van der Waals surface area (Å²) in [6, 6.07) is 16.1. The molecule has 1 aromatic heterocycles. The normalized spacial score (nSPS) is 17.0. The van der Waals surface area contributed by atoms with Gasteiger partial charge in [0.1, 0.15) is 11.0 Å². The SMILES string of the molecule is Fc1ccc(C2=NN(c3ccccc3)C(c3sc(Cl)nc3Cl)C2)cc1. The Morgan fingerprint density at radius 2 is 1.76 bits per heavy atom. The van der Waals surface area contributed by atoms with Gasteiger partial charge in [0.15, 0.2) is 4.47 Å². The maximum absolute atomic E-state index is 13.2. The Kier molecular flexibility index (Phi) is 4.46. The Bertz CT molecular complexity index is 925. The topological polar surface area (TPSA) is 28.5 Å². The summed E-state index contributed by atoms with van der Waals surface area (Å²) in [4.78, 5) is 4.99. The predicted octanol–water partition coefficient (Wildman–Crippen LogP) is 5.94. The standard InChI is InChI=1S/C18H12Cl2FN3S/c19-17-16(25-18(20)22-17)15-10-14(11-6-8-12(21)9-7-11)23-24(15)13-4-2-1-3-5-13/h1-9,15H,10H2. The van der Waals surface area contributed by atoms with Gasteiger partial charge >= 0.3 is 0 Å². The molecular weight excluding hydrogens is 380 g/mol. The van der Waals surface area contributed by atoms with Crippen molar-refractivity contribution >= 4 is 45.9 Å². The molecular formula is C18H12Cl2FN3S. The minimum atomic E-state index is -0.268. The molecule has 1 aliphatic rings. The zero-order valence-corrected chi connectivity index (χ0v) is 15.2. The molecule has 126 valence electrons. The zero-order valence-electron chi connectivity index (χ0n) is 12.9. The predicted molar refractivity (Wildman–Crippen MR) is 101 cm³/mol. The van der Waals surface area contributed by atoms with E-state index in [1.54, 1.807) is 12.1 Å². The summed E-state index contributed by atoms with van der Waals surface area (Å²) in [7, 11) is 0. The average molecular weight is 392 g/mol. The summed E-state index contributed by atoms with van der Waals surface area (Å²) in [5.41, 5.74) is 2.70. The number of halogens is 3. The molecule has 0 spiro atoms. The molecule has 1 aliphatic heterocycles. The number of aromatic nitrogens is 1. The first kappa shape index (κ1) is 16.5. The zero-order chi connectivity index (χ0) is 17.4. The van der Waals surface area contributed by atoms with Crippen molar-refractivity contribution in [3.63, 3.8) is 0 Å². The summed E-state index contributed by atoms with van der Waals surface area (Å²) in [6.07, 6.45) is 0.638. The molecule has 25 heavy (non-hydrogen) atoms. The van der Waals surface area contributed by atoms with Crippen molar-refractivity contribution in [1.82, 2.24) is 4.98 Å². The lowest BCUT2D eigenvalue weighted by molar-refractivity contribution is 0.627. The lowest BCUT2D eigenvalue weighted by atomic mass is 10.0. The fraction of sp³-hybridized carbons (Fsp3) is 0.111. The summed E-state index contributed by atoms with van der Waals surface area (Å²) in [5, 5.41) is 7.10. The second kappa shape index (κ2) is 6.75. The first-order valence-corrected chi connectivity index (χ1v) is 9.18. The smallest absolute Gasteiger partial charge is 0.185 e. The van der Waals surface area contributed by atoms with Gasteiger partial charge < -0.3 is 0 Å². The molecule has 0 fully saturated rings. The van der Waals surface area contributed by atoms with E-state index >= 15 is 0 Å². The highest BCUT2D eigenvalue weighted by Crippen LogP contribution is 2.42. The number of hydrazone groups is 1. The molecule has 2 heterocycles. The largest absolute Gasteiger partial charge is 0.256 e. The fourth-order valence-corrected chi connectivity index (χ4v) is 4.36. The van der Waals surface area contributed by atoms with Gasteiger partial charge in [0.05, 0.1) is 22.3 Å². The summed E-state index contributed by atoms with van der Waals surface area (Å²) in [5.74, 6) is -0.268. The van der Waals surface area contributed by atoms with E-state index in [1.165, 1.54) is 23.5 Å². The number of rotatable bonds is 3. The van der Waals surface area contributed by atoms with Crippen LogP contribution in [0.2, 0.25) is 9.62 Å². The third kappa shape index (κ3) is 3.27. The van der Waals surface area contributed by atoms with Crippen molar-refractivity contribution < 1.29 is 4.39 Å². The second-order valence-electron chi connectivity index (χ2n) is 5.58. The number of hydrogen-bond donors (Lipinski definition) is 0. The van der Waals surface area contributed by atoms with Gasteiger partial charge in [-0.2, -0.15) is 5.10 Å². The Hall–Kier alpha value is -1.95. The summed E-state index contributed by atoms with van der Waals surface area (Å²) in [6.45, 7) is 0. The molecule has 7 heteroatoms. The van der Waals surface area contributed by atoms with Crippen molar-refractivity contribution in [2.75, 3.05) is 5.01 Å². The number of nitrogens with zero attached hydrogens (tertiary/aromatic N) is 3. The van der Waals surface area contributed by atoms with Gasteiger partial charge in [-0.25, -0.2) is 9.37 Å². The molecule has 3 aromatic rings. The van der Waals surface area contributed by atoms with Crippen molar-refractivity contribution in [3.05, 3.63) is 80.5 Å². The number of thiazole rings is 1. The van der Waals surface area contributed by atoms with E-state index in [9.17, 15) is 4.39 Å². The van der Waals surface area contributed by atoms with Crippen LogP contribution in [-0.4, -0.2) is 10.7 Å². The summed E-state index contributed by atoms with van der Waals surface area (Å²) < 4.78 is 13.6. The van der Waals surface area contributed by atoms with Crippen LogP contribution in [0.5, 0.6) is 0 Å². The molecule has 0 bridgehead atoms. The average Bonchev–Trinajstić information content (AvgIpc) is 3.19. The number of benzene rings is 2. The number of para-hydroxylation sites is 1. The maximum atomic E-state index is 13.2. The van der Waals surface area contributed by atoms with Crippen molar-refractivity contribution in [1.29, 1.82) is 0 Å². The van der Waals surface area contributed by atoms with Crippen molar-refractivity contribution in [3.8, 4) is 0 Å². The van der Waals surface area contributed by atoms with Crippen molar-refractivity contribution in [2.45, 2.75) is 12.5 Å². The van der Waals surface area contributed by atoms with Crippen LogP contribution < -0.4 is 5.01 Å². The lowest BCUT2D eigenvalue weighted by Gasteiger charge is -2.22. The minimum Gasteiger partial charge on any atom is -0.256 e. The third-order valence-electron chi connectivity index (χ3n) is 3.99. The molecule has 0 amide bonds. The molecule has 1 unspecified atom stereocenters. The second-order valence-corrected chi connectivity index (χ2v) is 7.55. The van der Waals surface area contributed by atoms with E-state index in [0.29, 0.717) is 16.0 Å². The molecule has 2 aromatic carbocycles. The molecule has 0 aliphatic carbocycles. The highest BCUT2D eigenvalue weighted by molar-refractivity contribution is 7.16. The molecule has 4 rings (SSSR count). The van der Waals surface area contributed by atoms with Crippen LogP contribution in [0.25, 0.3) is 0 Å². The third-order valence-corrected chi connectivity index (χ3v) is 5.66. The van der Waals surface area contributed by atoms with Crippen LogP contribution >= 0.6 is 34.5 Å². The van der Waals surface area contributed by atoms with Gasteiger partial charge in [0.25, 0.3) is 0 Å². The van der Waals surface area contributed by atoms with Crippen LogP contribution in [0.3, 0.4) is 0 Å². The molecule has 0 saturated heterocycles. The van der Waals surface area contributed by atoms with E-state index in [1.807, 2.05) is 35.3 Å². The van der Waals surface area contributed by atoms with E-state index < -0.39 is 0 Å². The Morgan fingerprint density at radius 1 is 1.04 bits per heavy atom. The van der Waals surface area contributed by atoms with Gasteiger partial charge in [-0.3, -0.25) is 5.01 Å². The highest BCUT2D eigenvalue weighted by Gasteiger charge is 2.33. The van der Waals surface area contributed by atoms with Gasteiger partial charge in [0.2, 0.25) is 0 Å². The molecule has 0 N–H and O–H groups in total. The monoisotopic (exact) mass is 391 g/mol. The van der Waals surface area contributed by atoms with Crippen LogP contribution in [0.4, 0.5) is 10.1 Å². The van der Waals surface area contributed by atoms with Crippen LogP contribution in [-0.2, 0) is 0 Å². The number of hydrogen-bond acceptors (Lipinski definition) is 4. The molecule has 3 nitrogen and oxygen atoms in total. The van der Waals surface area contributed by atoms with Crippen LogP contribution in [0.1, 0.15) is 22.9 Å². The Balaban J connectivity index is 1.76. The Labute approximate surface area is 158 Å². The van der Waals surface area contributed by atoms with E-state index in [2.05, 4.69) is 4.98 Å². The lowest BCUT2D eigenvalue weighted by Crippen LogP contribution is -2.17. The number of anilines is 1. The fourth-order valence-electron chi connectivity index (χ4n) is 2.84. The molecule has 1 atom stereocenters. The van der Waals surface area contributed by atoms with Gasteiger partial charge in [-0.05, 0) is 29.8 Å². The Morgan fingerprint density at radius 3 is 2.40 bits per heavy atom. The van der Waals surface area contributed by atoms with Crippen LogP contribution in [0, 0.1) is 5.82 Å². The summed E-state index contributed by atoms with van der Waals surface area (Å²) >= 11 is 13.7. The van der Waals surface area contributed by atoms with Gasteiger partial charge in [-0.15, -0.1) is 11.3 Å². The van der Waals surface area contributed by atoms with E-state index in [4.69, 9.17) is 28.3 Å². The van der Waals surface area contributed by atoms with Crippen LogP contribution in [0.15, 0.2) is 59.7 Å². The van der Waals surface area contributed by atoms with Gasteiger partial charge in [0, 0.05) is 6.42 Å². The van der Waals surface area contributed by atoms with Gasteiger partial charge in [-0.1, -0.05) is 53.5 Å². The molecule has 0 radical (unpaired) electrons. The minimum absolute atomic E-state index is 0.0973. The first-order chi connectivity index (χ1) is 12.1.